The molecule has 2 rings (SSSR count). The van der Waals surface area contributed by atoms with Gasteiger partial charge in [0.2, 0.25) is 0 Å². The van der Waals surface area contributed by atoms with Gasteiger partial charge in [0.05, 0.1) is 6.26 Å². The zero-order valence-electron chi connectivity index (χ0n) is 6.19. The standard InChI is InChI=1S/C8H6O.CO2/c1-2-4-8-7(3-1)5-6-9-8;2-1-3/h1-6H;. The fourth-order valence-electron chi connectivity index (χ4n) is 0.906. The van der Waals surface area contributed by atoms with Crippen molar-refractivity contribution in [2.45, 2.75) is 0 Å². The minimum Gasteiger partial charge on any atom is -0.464 e. The normalized spacial score (nSPS) is 8.33. The number of para-hydroxylation sites is 1. The number of fused-ring (bicyclic) bond motifs is 1. The molecule has 3 heteroatoms. The summed E-state index contributed by atoms with van der Waals surface area (Å²) in [5.74, 6) is 0. The number of furan rings is 1. The highest BCUT2D eigenvalue weighted by atomic mass is 16.3. The van der Waals surface area contributed by atoms with Crippen LogP contribution < -0.4 is 0 Å². The molecule has 1 aromatic heterocycles. The van der Waals surface area contributed by atoms with E-state index in [0.717, 1.165) is 11.0 Å². The fourth-order valence-corrected chi connectivity index (χ4v) is 0.906. The summed E-state index contributed by atoms with van der Waals surface area (Å²) in [7, 11) is 0. The first kappa shape index (κ1) is 8.24. The SMILES string of the molecule is O=C=O.c1ccc2occc2c1. The molecule has 12 heavy (non-hydrogen) atoms. The zero-order valence-corrected chi connectivity index (χ0v) is 6.19. The van der Waals surface area contributed by atoms with Crippen LogP contribution in [-0.2, 0) is 9.59 Å². The van der Waals surface area contributed by atoms with E-state index in [1.54, 1.807) is 6.26 Å². The van der Waals surface area contributed by atoms with E-state index in [1.165, 1.54) is 0 Å². The van der Waals surface area contributed by atoms with Crippen molar-refractivity contribution in [2.24, 2.45) is 0 Å². The van der Waals surface area contributed by atoms with Crippen molar-refractivity contribution in [2.75, 3.05) is 0 Å². The maximum Gasteiger partial charge on any atom is 0.373 e. The van der Waals surface area contributed by atoms with E-state index in [1.807, 2.05) is 30.3 Å². The summed E-state index contributed by atoms with van der Waals surface area (Å²) in [6.07, 6.45) is 1.95. The first-order valence-corrected chi connectivity index (χ1v) is 3.30. The molecule has 0 aliphatic carbocycles. The van der Waals surface area contributed by atoms with Crippen molar-refractivity contribution in [3.63, 3.8) is 0 Å². The van der Waals surface area contributed by atoms with E-state index in [-0.39, 0.29) is 6.15 Å². The quantitative estimate of drug-likeness (QED) is 0.593. The topological polar surface area (TPSA) is 47.3 Å². The van der Waals surface area contributed by atoms with Crippen LogP contribution in [0.15, 0.2) is 41.0 Å². The van der Waals surface area contributed by atoms with Gasteiger partial charge in [-0.1, -0.05) is 18.2 Å². The minimum absolute atomic E-state index is 0.250. The molecule has 0 amide bonds. The zero-order chi connectivity index (χ0) is 8.81. The molecule has 0 saturated heterocycles. The number of hydrogen-bond donors (Lipinski definition) is 0. The van der Waals surface area contributed by atoms with Gasteiger partial charge in [-0.25, -0.2) is 0 Å². The molecule has 0 radical (unpaired) electrons. The van der Waals surface area contributed by atoms with Crippen molar-refractivity contribution < 1.29 is 14.0 Å². The molecule has 0 N–H and O–H groups in total. The summed E-state index contributed by atoms with van der Waals surface area (Å²) in [4.78, 5) is 16.2. The van der Waals surface area contributed by atoms with Crippen molar-refractivity contribution in [1.82, 2.24) is 0 Å². The Morgan fingerprint density at radius 2 is 1.75 bits per heavy atom. The van der Waals surface area contributed by atoms with Crippen molar-refractivity contribution in [3.05, 3.63) is 36.6 Å². The Kier molecular flexibility index (Phi) is 2.82. The minimum atomic E-state index is 0.250. The van der Waals surface area contributed by atoms with Crippen molar-refractivity contribution in [3.8, 4) is 0 Å². The molecule has 0 fully saturated rings. The number of hydrogen-bond acceptors (Lipinski definition) is 3. The summed E-state index contributed by atoms with van der Waals surface area (Å²) in [5.41, 5.74) is 0.956. The molecule has 0 saturated carbocycles. The molecule has 1 heterocycles. The predicted octanol–water partition coefficient (Wildman–Crippen LogP) is 1.85. The third-order valence-corrected chi connectivity index (χ3v) is 1.36. The van der Waals surface area contributed by atoms with E-state index >= 15 is 0 Å². The third-order valence-electron chi connectivity index (χ3n) is 1.36. The van der Waals surface area contributed by atoms with Crippen LogP contribution in [0.3, 0.4) is 0 Å². The van der Waals surface area contributed by atoms with Crippen LogP contribution >= 0.6 is 0 Å². The highest BCUT2D eigenvalue weighted by Gasteiger charge is 1.89. The van der Waals surface area contributed by atoms with Crippen LogP contribution in [0, 0.1) is 0 Å². The van der Waals surface area contributed by atoms with Gasteiger partial charge in [-0.05, 0) is 12.1 Å². The molecule has 3 nitrogen and oxygen atoms in total. The van der Waals surface area contributed by atoms with Gasteiger partial charge in [0.25, 0.3) is 0 Å². The van der Waals surface area contributed by atoms with Gasteiger partial charge in [0, 0.05) is 5.39 Å². The molecule has 60 valence electrons. The Balaban J connectivity index is 0.000000213. The Hall–Kier alpha value is -1.86. The van der Waals surface area contributed by atoms with Gasteiger partial charge >= 0.3 is 6.15 Å². The second-order valence-corrected chi connectivity index (χ2v) is 2.04. The van der Waals surface area contributed by atoms with E-state index in [2.05, 4.69) is 0 Å². The summed E-state index contributed by atoms with van der Waals surface area (Å²) >= 11 is 0. The first-order chi connectivity index (χ1) is 5.88. The summed E-state index contributed by atoms with van der Waals surface area (Å²) in [6.45, 7) is 0. The number of carbonyl (C=O) groups excluding carboxylic acids is 2. The van der Waals surface area contributed by atoms with E-state index in [9.17, 15) is 0 Å². The Morgan fingerprint density at radius 3 is 2.42 bits per heavy atom. The van der Waals surface area contributed by atoms with Gasteiger partial charge in [0.1, 0.15) is 5.58 Å². The van der Waals surface area contributed by atoms with Crippen molar-refractivity contribution >= 4 is 17.1 Å². The third kappa shape index (κ3) is 1.81. The highest BCUT2D eigenvalue weighted by molar-refractivity contribution is 5.76. The summed E-state index contributed by atoms with van der Waals surface area (Å²) in [5, 5.41) is 1.16. The molecule has 0 aliphatic heterocycles. The second kappa shape index (κ2) is 4.11. The predicted molar refractivity (Wildman–Crippen MR) is 41.2 cm³/mol. The molecular formula is C9H6O3. The lowest BCUT2D eigenvalue weighted by atomic mass is 10.3. The van der Waals surface area contributed by atoms with Gasteiger partial charge in [-0.15, -0.1) is 0 Å². The van der Waals surface area contributed by atoms with Crippen LogP contribution in [0.4, 0.5) is 0 Å². The molecule has 0 aliphatic rings. The van der Waals surface area contributed by atoms with Gasteiger partial charge in [-0.2, -0.15) is 9.59 Å². The molecular weight excluding hydrogens is 156 g/mol. The first-order valence-electron chi connectivity index (χ1n) is 3.30. The lowest BCUT2D eigenvalue weighted by Crippen LogP contribution is -1.57. The van der Waals surface area contributed by atoms with Crippen LogP contribution in [0.1, 0.15) is 0 Å². The Bertz CT molecular complexity index is 353. The average molecular weight is 162 g/mol. The number of benzene rings is 1. The molecule has 0 spiro atoms. The van der Waals surface area contributed by atoms with Crippen molar-refractivity contribution in [1.29, 1.82) is 0 Å². The molecule has 1 aromatic carbocycles. The van der Waals surface area contributed by atoms with E-state index in [4.69, 9.17) is 14.0 Å². The van der Waals surface area contributed by atoms with Gasteiger partial charge in [-0.3, -0.25) is 0 Å². The van der Waals surface area contributed by atoms with Gasteiger partial charge < -0.3 is 4.42 Å². The highest BCUT2D eigenvalue weighted by Crippen LogP contribution is 2.12. The lowest BCUT2D eigenvalue weighted by Gasteiger charge is -1.81. The molecule has 0 unspecified atom stereocenters. The Morgan fingerprint density at radius 1 is 1.08 bits per heavy atom. The Labute approximate surface area is 68.6 Å². The smallest absolute Gasteiger partial charge is 0.373 e. The van der Waals surface area contributed by atoms with Crippen LogP contribution in [0.5, 0.6) is 0 Å². The van der Waals surface area contributed by atoms with Crippen LogP contribution in [-0.4, -0.2) is 6.15 Å². The molecule has 2 aromatic rings. The lowest BCUT2D eigenvalue weighted by molar-refractivity contribution is -0.191. The summed E-state index contributed by atoms with van der Waals surface area (Å²) in [6, 6.07) is 9.90. The maximum absolute atomic E-state index is 8.12. The second-order valence-electron chi connectivity index (χ2n) is 2.04. The fraction of sp³-hybridized carbons (Fsp3) is 0. The largest absolute Gasteiger partial charge is 0.464 e. The van der Waals surface area contributed by atoms with E-state index in [0.29, 0.717) is 0 Å². The number of rotatable bonds is 0. The monoisotopic (exact) mass is 162 g/mol. The average Bonchev–Trinajstić information content (AvgIpc) is 2.52. The molecule has 0 atom stereocenters. The van der Waals surface area contributed by atoms with Crippen LogP contribution in [0.25, 0.3) is 11.0 Å². The summed E-state index contributed by atoms with van der Waals surface area (Å²) < 4.78 is 5.12. The van der Waals surface area contributed by atoms with E-state index < -0.39 is 0 Å². The van der Waals surface area contributed by atoms with Crippen LogP contribution in [0.2, 0.25) is 0 Å². The maximum atomic E-state index is 8.12. The molecule has 0 bridgehead atoms. The van der Waals surface area contributed by atoms with Gasteiger partial charge in [0.15, 0.2) is 0 Å².